The van der Waals surface area contributed by atoms with Gasteiger partial charge in [-0.05, 0) is 30.3 Å². The summed E-state index contributed by atoms with van der Waals surface area (Å²) in [5, 5.41) is 17.2. The van der Waals surface area contributed by atoms with Crippen molar-refractivity contribution < 1.29 is 32.0 Å². The standard InChI is InChI=1S/C21H13F4N5O4/c1-34-15-7-13(6-14(8-15)30(32)33)27-20(31)16-10-26-29-18(21(23,24)25)9-17(28-19(16)29)11-2-4-12(22)5-3-11/h2-10H,1H3,(H,27,31). The van der Waals surface area contributed by atoms with Crippen molar-refractivity contribution in [2.75, 3.05) is 12.4 Å². The molecule has 0 aliphatic heterocycles. The molecule has 0 radical (unpaired) electrons. The van der Waals surface area contributed by atoms with Crippen LogP contribution in [0.1, 0.15) is 16.1 Å². The van der Waals surface area contributed by atoms with Crippen LogP contribution in [0.25, 0.3) is 16.9 Å². The minimum absolute atomic E-state index is 0.0267. The van der Waals surface area contributed by atoms with Gasteiger partial charge in [0.05, 0.1) is 35.7 Å². The predicted molar refractivity (Wildman–Crippen MR) is 111 cm³/mol. The summed E-state index contributed by atoms with van der Waals surface area (Å²) < 4.78 is 59.8. The maximum absolute atomic E-state index is 13.7. The zero-order valence-corrected chi connectivity index (χ0v) is 17.1. The van der Waals surface area contributed by atoms with E-state index in [2.05, 4.69) is 15.4 Å². The summed E-state index contributed by atoms with van der Waals surface area (Å²) in [6.45, 7) is 0. The molecule has 2 aromatic heterocycles. The molecule has 174 valence electrons. The predicted octanol–water partition coefficient (Wildman–Crippen LogP) is 4.72. The van der Waals surface area contributed by atoms with Crippen LogP contribution in [0.4, 0.5) is 28.9 Å². The second-order valence-corrected chi connectivity index (χ2v) is 6.96. The summed E-state index contributed by atoms with van der Waals surface area (Å²) in [6, 6.07) is 8.86. The maximum atomic E-state index is 13.7. The molecule has 0 atom stereocenters. The Morgan fingerprint density at radius 3 is 2.47 bits per heavy atom. The Balaban J connectivity index is 1.81. The molecule has 4 aromatic rings. The molecule has 0 aliphatic carbocycles. The van der Waals surface area contributed by atoms with Gasteiger partial charge in [0, 0.05) is 17.7 Å². The van der Waals surface area contributed by atoms with Gasteiger partial charge in [-0.25, -0.2) is 13.9 Å². The molecule has 0 aliphatic rings. The average Bonchev–Trinajstić information content (AvgIpc) is 3.22. The van der Waals surface area contributed by atoms with Crippen LogP contribution in [0, 0.1) is 15.9 Å². The minimum Gasteiger partial charge on any atom is -0.496 e. The summed E-state index contributed by atoms with van der Waals surface area (Å²) in [4.78, 5) is 27.4. The normalized spacial score (nSPS) is 11.4. The number of methoxy groups -OCH3 is 1. The summed E-state index contributed by atoms with van der Waals surface area (Å²) in [7, 11) is 1.27. The molecular weight excluding hydrogens is 462 g/mol. The van der Waals surface area contributed by atoms with Crippen molar-refractivity contribution in [3.63, 3.8) is 0 Å². The van der Waals surface area contributed by atoms with Crippen LogP contribution in [0.5, 0.6) is 5.75 Å². The molecule has 2 aromatic carbocycles. The number of hydrogen-bond donors (Lipinski definition) is 1. The topological polar surface area (TPSA) is 112 Å². The number of non-ortho nitro benzene ring substituents is 1. The van der Waals surface area contributed by atoms with E-state index in [4.69, 9.17) is 4.74 Å². The van der Waals surface area contributed by atoms with E-state index in [9.17, 15) is 32.5 Å². The Kier molecular flexibility index (Phi) is 5.61. The first-order valence-electron chi connectivity index (χ1n) is 9.43. The van der Waals surface area contributed by atoms with Crippen LogP contribution in [0.3, 0.4) is 0 Å². The maximum Gasteiger partial charge on any atom is 0.433 e. The van der Waals surface area contributed by atoms with Crippen molar-refractivity contribution in [1.29, 1.82) is 0 Å². The second kappa shape index (κ2) is 8.42. The van der Waals surface area contributed by atoms with Gasteiger partial charge in [-0.3, -0.25) is 14.9 Å². The van der Waals surface area contributed by atoms with Crippen molar-refractivity contribution >= 4 is 22.9 Å². The summed E-state index contributed by atoms with van der Waals surface area (Å²) >= 11 is 0. The Labute approximate surface area is 187 Å². The number of nitro benzene ring substituents is 1. The zero-order valence-electron chi connectivity index (χ0n) is 17.1. The number of anilines is 1. The summed E-state index contributed by atoms with van der Waals surface area (Å²) in [6.07, 6.45) is -3.95. The van der Waals surface area contributed by atoms with E-state index in [1.54, 1.807) is 0 Å². The third kappa shape index (κ3) is 4.35. The number of benzene rings is 2. The van der Waals surface area contributed by atoms with E-state index in [1.807, 2.05) is 0 Å². The number of carbonyl (C=O) groups is 1. The lowest BCUT2D eigenvalue weighted by Gasteiger charge is -2.12. The number of carbonyl (C=O) groups excluding carboxylic acids is 1. The van der Waals surface area contributed by atoms with Gasteiger partial charge in [-0.2, -0.15) is 18.3 Å². The molecule has 0 spiro atoms. The lowest BCUT2D eigenvalue weighted by molar-refractivity contribution is -0.384. The first kappa shape index (κ1) is 22.6. The smallest absolute Gasteiger partial charge is 0.433 e. The van der Waals surface area contributed by atoms with Crippen LogP contribution < -0.4 is 10.1 Å². The number of nitro groups is 1. The highest BCUT2D eigenvalue weighted by molar-refractivity contribution is 6.08. The van der Waals surface area contributed by atoms with Crippen LogP contribution in [-0.4, -0.2) is 32.5 Å². The van der Waals surface area contributed by atoms with E-state index in [0.29, 0.717) is 4.52 Å². The van der Waals surface area contributed by atoms with Crippen LogP contribution in [-0.2, 0) is 6.18 Å². The van der Waals surface area contributed by atoms with E-state index >= 15 is 0 Å². The molecule has 0 unspecified atom stereocenters. The third-order valence-corrected chi connectivity index (χ3v) is 4.74. The van der Waals surface area contributed by atoms with Gasteiger partial charge in [0.1, 0.15) is 17.1 Å². The highest BCUT2D eigenvalue weighted by Crippen LogP contribution is 2.33. The van der Waals surface area contributed by atoms with Crippen LogP contribution in [0.15, 0.2) is 54.7 Å². The fourth-order valence-corrected chi connectivity index (χ4v) is 3.17. The molecule has 34 heavy (non-hydrogen) atoms. The summed E-state index contributed by atoms with van der Waals surface area (Å²) in [5.74, 6) is -1.41. The van der Waals surface area contributed by atoms with Gasteiger partial charge in [0.25, 0.3) is 11.6 Å². The van der Waals surface area contributed by atoms with Crippen LogP contribution >= 0.6 is 0 Å². The zero-order chi connectivity index (χ0) is 24.6. The van der Waals surface area contributed by atoms with Crippen LogP contribution in [0.2, 0.25) is 0 Å². The van der Waals surface area contributed by atoms with E-state index < -0.39 is 34.2 Å². The van der Waals surface area contributed by atoms with Crippen molar-refractivity contribution in [2.45, 2.75) is 6.18 Å². The number of alkyl halides is 3. The monoisotopic (exact) mass is 475 g/mol. The van der Waals surface area contributed by atoms with Crippen molar-refractivity contribution in [3.05, 3.63) is 81.9 Å². The van der Waals surface area contributed by atoms with Crippen molar-refractivity contribution in [3.8, 4) is 17.0 Å². The molecule has 13 heteroatoms. The molecule has 0 bridgehead atoms. The quantitative estimate of drug-likeness (QED) is 0.254. The molecule has 0 fully saturated rings. The number of nitrogens with zero attached hydrogens (tertiary/aromatic N) is 4. The average molecular weight is 475 g/mol. The number of hydrogen-bond acceptors (Lipinski definition) is 6. The highest BCUT2D eigenvalue weighted by Gasteiger charge is 2.36. The molecule has 9 nitrogen and oxygen atoms in total. The van der Waals surface area contributed by atoms with Gasteiger partial charge < -0.3 is 10.1 Å². The van der Waals surface area contributed by atoms with Gasteiger partial charge in [0.15, 0.2) is 11.3 Å². The molecule has 1 amide bonds. The Morgan fingerprint density at radius 2 is 1.85 bits per heavy atom. The molecule has 0 saturated carbocycles. The van der Waals surface area contributed by atoms with Gasteiger partial charge in [0.2, 0.25) is 0 Å². The summed E-state index contributed by atoms with van der Waals surface area (Å²) in [5.41, 5.74) is -2.31. The van der Waals surface area contributed by atoms with Gasteiger partial charge in [-0.15, -0.1) is 0 Å². The molecule has 0 saturated heterocycles. The van der Waals surface area contributed by atoms with Gasteiger partial charge >= 0.3 is 6.18 Å². The number of aromatic nitrogens is 3. The SMILES string of the molecule is COc1cc(NC(=O)c2cnn3c(C(F)(F)F)cc(-c4ccc(F)cc4)nc23)cc([N+](=O)[O-])c1. The Bertz CT molecular complexity index is 1420. The van der Waals surface area contributed by atoms with E-state index in [-0.39, 0.29) is 33.9 Å². The number of fused-ring (bicyclic) bond motifs is 1. The first-order valence-corrected chi connectivity index (χ1v) is 9.43. The Hall–Kier alpha value is -4.55. The van der Waals surface area contributed by atoms with Crippen molar-refractivity contribution in [1.82, 2.24) is 14.6 Å². The molecule has 4 rings (SSSR count). The number of ether oxygens (including phenoxy) is 1. The molecule has 1 N–H and O–H groups in total. The number of rotatable bonds is 5. The van der Waals surface area contributed by atoms with Gasteiger partial charge in [-0.1, -0.05) is 0 Å². The lowest BCUT2D eigenvalue weighted by atomic mass is 10.1. The number of nitrogens with one attached hydrogen (secondary N) is 1. The number of amides is 1. The fourth-order valence-electron chi connectivity index (χ4n) is 3.17. The highest BCUT2D eigenvalue weighted by atomic mass is 19.4. The van der Waals surface area contributed by atoms with E-state index in [1.165, 1.54) is 25.3 Å². The molecular formula is C21H13F4N5O4. The number of halogens is 4. The Morgan fingerprint density at radius 1 is 1.15 bits per heavy atom. The second-order valence-electron chi connectivity index (χ2n) is 6.96. The fraction of sp³-hybridized carbons (Fsp3) is 0.0952. The first-order chi connectivity index (χ1) is 16.1. The van der Waals surface area contributed by atoms with Crippen molar-refractivity contribution in [2.24, 2.45) is 0 Å². The third-order valence-electron chi connectivity index (χ3n) is 4.74. The minimum atomic E-state index is -4.84. The largest absolute Gasteiger partial charge is 0.496 e. The lowest BCUT2D eigenvalue weighted by Crippen LogP contribution is -2.16. The molecule has 2 heterocycles. The van der Waals surface area contributed by atoms with E-state index in [0.717, 1.165) is 36.5 Å².